The van der Waals surface area contributed by atoms with E-state index in [1.807, 2.05) is 48.7 Å². The monoisotopic (exact) mass is 473 g/mol. The lowest BCUT2D eigenvalue weighted by Gasteiger charge is -2.20. The number of amidine groups is 2. The number of ether oxygens (including phenoxy) is 1. The Balaban J connectivity index is 1.52. The van der Waals surface area contributed by atoms with Gasteiger partial charge in [0.25, 0.3) is 5.91 Å². The topological polar surface area (TPSA) is 83.0 Å². The standard InChI is InChI=1S/C25H20FN5O2S/c1-14-12-17(15(2)30(14)20-6-4-5-7-21(20)33-3)13-19-22(27)31-25(28-23(19)32)34-24(29-31)16-8-10-18(26)11-9-16/h4-13,27H,1-3H3/b19-13+,27-22?. The quantitative estimate of drug-likeness (QED) is 0.546. The first-order valence-corrected chi connectivity index (χ1v) is 11.3. The Hall–Kier alpha value is -3.98. The van der Waals surface area contributed by atoms with Crippen molar-refractivity contribution in [2.75, 3.05) is 7.11 Å². The van der Waals surface area contributed by atoms with Gasteiger partial charge in [0.05, 0.1) is 18.4 Å². The summed E-state index contributed by atoms with van der Waals surface area (Å²) in [6.07, 6.45) is 1.68. The molecule has 0 aliphatic carbocycles. The number of nitrogens with zero attached hydrogens (tertiary/aromatic N) is 4. The van der Waals surface area contributed by atoms with Crippen molar-refractivity contribution in [3.05, 3.63) is 88.5 Å². The van der Waals surface area contributed by atoms with Crippen molar-refractivity contribution in [1.82, 2.24) is 9.58 Å². The molecule has 0 spiro atoms. The number of fused-ring (bicyclic) bond motifs is 1. The van der Waals surface area contributed by atoms with Gasteiger partial charge >= 0.3 is 0 Å². The van der Waals surface area contributed by atoms with Crippen molar-refractivity contribution in [2.24, 2.45) is 10.1 Å². The zero-order valence-electron chi connectivity index (χ0n) is 18.7. The summed E-state index contributed by atoms with van der Waals surface area (Å²) in [5.74, 6) is -0.166. The van der Waals surface area contributed by atoms with Crippen LogP contribution in [0.3, 0.4) is 0 Å². The third-order valence-corrected chi connectivity index (χ3v) is 6.60. The van der Waals surface area contributed by atoms with Crippen molar-refractivity contribution in [2.45, 2.75) is 13.8 Å². The molecule has 1 amide bonds. The summed E-state index contributed by atoms with van der Waals surface area (Å²) in [5.41, 5.74) is 4.38. The van der Waals surface area contributed by atoms with Crippen LogP contribution in [0.5, 0.6) is 5.75 Å². The number of methoxy groups -OCH3 is 1. The number of aromatic nitrogens is 1. The molecule has 9 heteroatoms. The van der Waals surface area contributed by atoms with Crippen molar-refractivity contribution >= 4 is 39.8 Å². The van der Waals surface area contributed by atoms with Gasteiger partial charge in [-0.3, -0.25) is 10.2 Å². The maximum Gasteiger partial charge on any atom is 0.283 e. The van der Waals surface area contributed by atoms with E-state index in [-0.39, 0.29) is 17.2 Å². The van der Waals surface area contributed by atoms with Crippen molar-refractivity contribution in [3.63, 3.8) is 0 Å². The van der Waals surface area contributed by atoms with Crippen LogP contribution < -0.4 is 4.74 Å². The smallest absolute Gasteiger partial charge is 0.283 e. The largest absolute Gasteiger partial charge is 0.495 e. The normalized spacial score (nSPS) is 16.6. The molecule has 7 nitrogen and oxygen atoms in total. The number of hydrogen-bond donors (Lipinski definition) is 1. The number of aliphatic imine (C=N–C) groups is 1. The van der Waals surface area contributed by atoms with Crippen molar-refractivity contribution in [3.8, 4) is 11.4 Å². The van der Waals surface area contributed by atoms with Gasteiger partial charge in [0.2, 0.25) is 5.17 Å². The summed E-state index contributed by atoms with van der Waals surface area (Å²) in [5, 5.41) is 15.3. The van der Waals surface area contributed by atoms with Gasteiger partial charge < -0.3 is 9.30 Å². The number of amides is 1. The van der Waals surface area contributed by atoms with E-state index >= 15 is 0 Å². The molecular weight excluding hydrogens is 453 g/mol. The Morgan fingerprint density at radius 2 is 1.85 bits per heavy atom. The molecule has 2 aliphatic rings. The summed E-state index contributed by atoms with van der Waals surface area (Å²) < 4.78 is 20.8. The molecule has 1 aromatic heterocycles. The predicted octanol–water partition coefficient (Wildman–Crippen LogP) is 4.91. The lowest BCUT2D eigenvalue weighted by molar-refractivity contribution is -0.114. The van der Waals surface area contributed by atoms with Crippen LogP contribution in [-0.4, -0.2) is 38.6 Å². The Morgan fingerprint density at radius 1 is 1.12 bits per heavy atom. The van der Waals surface area contributed by atoms with Crippen LogP contribution in [0.15, 0.2) is 70.3 Å². The maximum atomic E-state index is 13.3. The molecule has 2 aromatic carbocycles. The van der Waals surface area contributed by atoms with E-state index < -0.39 is 5.91 Å². The molecule has 0 unspecified atom stereocenters. The lowest BCUT2D eigenvalue weighted by Crippen LogP contribution is -2.35. The molecule has 0 radical (unpaired) electrons. The van der Waals surface area contributed by atoms with E-state index in [0.29, 0.717) is 15.8 Å². The van der Waals surface area contributed by atoms with Gasteiger partial charge in [-0.15, -0.1) is 0 Å². The highest BCUT2D eigenvalue weighted by molar-refractivity contribution is 8.27. The molecule has 0 saturated heterocycles. The molecule has 170 valence electrons. The van der Waals surface area contributed by atoms with E-state index in [2.05, 4.69) is 10.1 Å². The molecule has 0 saturated carbocycles. The van der Waals surface area contributed by atoms with Crippen LogP contribution in [0.2, 0.25) is 0 Å². The zero-order chi connectivity index (χ0) is 24.0. The predicted molar refractivity (Wildman–Crippen MR) is 132 cm³/mol. The van der Waals surface area contributed by atoms with Gasteiger partial charge in [-0.25, -0.2) is 4.39 Å². The van der Waals surface area contributed by atoms with Crippen LogP contribution in [0.25, 0.3) is 11.8 Å². The highest BCUT2D eigenvalue weighted by atomic mass is 32.2. The fourth-order valence-corrected chi connectivity index (χ4v) is 4.87. The number of rotatable bonds is 4. The minimum Gasteiger partial charge on any atom is -0.495 e. The van der Waals surface area contributed by atoms with Gasteiger partial charge in [0.1, 0.15) is 16.6 Å². The average molecular weight is 474 g/mol. The van der Waals surface area contributed by atoms with Crippen LogP contribution in [0.4, 0.5) is 4.39 Å². The number of halogens is 1. The fraction of sp³-hybridized carbons (Fsp3) is 0.120. The lowest BCUT2D eigenvalue weighted by atomic mass is 10.1. The average Bonchev–Trinajstić information content (AvgIpc) is 3.37. The number of hydrogen-bond acceptors (Lipinski definition) is 5. The Kier molecular flexibility index (Phi) is 5.41. The molecule has 3 heterocycles. The Bertz CT molecular complexity index is 1440. The van der Waals surface area contributed by atoms with Crippen molar-refractivity contribution < 1.29 is 13.9 Å². The molecule has 5 rings (SSSR count). The van der Waals surface area contributed by atoms with Crippen LogP contribution in [0.1, 0.15) is 22.5 Å². The van der Waals surface area contributed by atoms with E-state index in [4.69, 9.17) is 10.1 Å². The second-order valence-corrected chi connectivity index (χ2v) is 8.72. The zero-order valence-corrected chi connectivity index (χ0v) is 19.5. The Morgan fingerprint density at radius 3 is 2.59 bits per heavy atom. The highest BCUT2D eigenvalue weighted by Gasteiger charge is 2.36. The molecular formula is C25H20FN5O2S. The fourth-order valence-electron chi connectivity index (χ4n) is 3.98. The van der Waals surface area contributed by atoms with Gasteiger partial charge in [-0.1, -0.05) is 12.1 Å². The first-order chi connectivity index (χ1) is 16.4. The van der Waals surface area contributed by atoms with Gasteiger partial charge in [0.15, 0.2) is 5.84 Å². The molecule has 2 aliphatic heterocycles. The number of nitrogens with one attached hydrogen (secondary N) is 1. The Labute approximate surface area is 199 Å². The maximum absolute atomic E-state index is 13.3. The van der Waals surface area contributed by atoms with Crippen LogP contribution >= 0.6 is 11.8 Å². The van der Waals surface area contributed by atoms with E-state index in [1.54, 1.807) is 25.3 Å². The summed E-state index contributed by atoms with van der Waals surface area (Å²) >= 11 is 1.18. The number of thioether (sulfide) groups is 1. The van der Waals surface area contributed by atoms with Crippen molar-refractivity contribution in [1.29, 1.82) is 5.41 Å². The van der Waals surface area contributed by atoms with E-state index in [1.165, 1.54) is 28.9 Å². The van der Waals surface area contributed by atoms with Gasteiger partial charge in [0, 0.05) is 17.0 Å². The molecule has 0 atom stereocenters. The number of para-hydroxylation sites is 2. The SMILES string of the molecule is COc1ccccc1-n1c(C)cc(/C=C2\C(=N)N3N=C(c4ccc(F)cc4)SC3=NC2=O)c1C. The summed E-state index contributed by atoms with van der Waals surface area (Å²) in [4.78, 5) is 17.0. The second-order valence-electron chi connectivity index (χ2n) is 7.77. The molecule has 3 aromatic rings. The van der Waals surface area contributed by atoms with Gasteiger partial charge in [-0.05, 0) is 79.7 Å². The van der Waals surface area contributed by atoms with Crippen LogP contribution in [-0.2, 0) is 4.79 Å². The third kappa shape index (κ3) is 3.63. The summed E-state index contributed by atoms with van der Waals surface area (Å²) in [7, 11) is 1.63. The highest BCUT2D eigenvalue weighted by Crippen LogP contribution is 2.33. The van der Waals surface area contributed by atoms with Crippen LogP contribution in [0, 0.1) is 25.1 Å². The summed E-state index contributed by atoms with van der Waals surface area (Å²) in [6.45, 7) is 3.93. The number of carbonyl (C=O) groups is 1. The number of aryl methyl sites for hydroxylation is 1. The minimum absolute atomic E-state index is 0.0540. The first kappa shape index (κ1) is 21.8. The van der Waals surface area contributed by atoms with E-state index in [0.717, 1.165) is 28.4 Å². The minimum atomic E-state index is -0.499. The second kappa shape index (κ2) is 8.42. The number of hydrazone groups is 1. The summed E-state index contributed by atoms with van der Waals surface area (Å²) in [6, 6.07) is 15.6. The number of carbonyl (C=O) groups excluding carboxylic acids is 1. The molecule has 0 bridgehead atoms. The number of benzene rings is 2. The molecule has 0 fully saturated rings. The first-order valence-electron chi connectivity index (χ1n) is 10.5. The third-order valence-electron chi connectivity index (χ3n) is 5.64. The molecule has 34 heavy (non-hydrogen) atoms. The van der Waals surface area contributed by atoms with E-state index in [9.17, 15) is 9.18 Å². The van der Waals surface area contributed by atoms with Gasteiger partial charge in [-0.2, -0.15) is 15.1 Å². The molecule has 1 N–H and O–H groups in total.